The number of thioether (sulfide) groups is 1. The van der Waals surface area contributed by atoms with E-state index >= 15 is 0 Å². The van der Waals surface area contributed by atoms with Gasteiger partial charge in [-0.3, -0.25) is 14.2 Å². The monoisotopic (exact) mass is 420 g/mol. The maximum Gasteiger partial charge on any atom is 0.316 e. The van der Waals surface area contributed by atoms with Crippen molar-refractivity contribution in [2.45, 2.75) is 37.8 Å². The zero-order chi connectivity index (χ0) is 21.3. The van der Waals surface area contributed by atoms with Crippen molar-refractivity contribution < 1.29 is 9.53 Å². The van der Waals surface area contributed by atoms with Crippen molar-refractivity contribution in [3.63, 3.8) is 0 Å². The molecular weight excluding hydrogens is 396 g/mol. The number of nitrogens with zero attached hydrogens (tertiary/aromatic N) is 2. The molecule has 0 bridgehead atoms. The van der Waals surface area contributed by atoms with Crippen LogP contribution < -0.4 is 5.56 Å². The molecule has 4 rings (SSSR count). The van der Waals surface area contributed by atoms with Crippen LogP contribution in [-0.4, -0.2) is 27.9 Å². The van der Waals surface area contributed by atoms with Gasteiger partial charge in [-0.1, -0.05) is 68.1 Å². The Balaban J connectivity index is 1.95. The largest absolute Gasteiger partial charge is 0.465 e. The predicted molar refractivity (Wildman–Crippen MR) is 119 cm³/mol. The van der Waals surface area contributed by atoms with Gasteiger partial charge in [-0.2, -0.15) is 0 Å². The average molecular weight is 421 g/mol. The van der Waals surface area contributed by atoms with Crippen molar-refractivity contribution in [1.82, 2.24) is 9.55 Å². The van der Waals surface area contributed by atoms with E-state index in [-0.39, 0.29) is 22.7 Å². The van der Waals surface area contributed by atoms with E-state index in [4.69, 9.17) is 9.72 Å². The number of hydrogen-bond donors (Lipinski definition) is 0. The summed E-state index contributed by atoms with van der Waals surface area (Å²) >= 11 is 1.23. The van der Waals surface area contributed by atoms with Crippen LogP contribution in [0.4, 0.5) is 0 Å². The van der Waals surface area contributed by atoms with Crippen molar-refractivity contribution >= 4 is 17.7 Å². The van der Waals surface area contributed by atoms with Crippen LogP contribution in [0.3, 0.4) is 0 Å². The number of fused-ring (bicyclic) bond motifs is 3. The van der Waals surface area contributed by atoms with Gasteiger partial charge in [0.1, 0.15) is 0 Å². The summed E-state index contributed by atoms with van der Waals surface area (Å²) in [7, 11) is 0. The summed E-state index contributed by atoms with van der Waals surface area (Å²) in [6.07, 6.45) is 0.775. The molecule has 154 valence electrons. The molecule has 3 aromatic rings. The second kappa shape index (κ2) is 8.11. The molecule has 0 radical (unpaired) electrons. The van der Waals surface area contributed by atoms with Crippen LogP contribution >= 0.6 is 11.8 Å². The quantitative estimate of drug-likeness (QED) is 0.348. The van der Waals surface area contributed by atoms with Crippen LogP contribution in [0, 0.1) is 0 Å². The van der Waals surface area contributed by atoms with Crippen molar-refractivity contribution in [2.24, 2.45) is 0 Å². The van der Waals surface area contributed by atoms with E-state index in [0.29, 0.717) is 23.0 Å². The number of esters is 1. The average Bonchev–Trinajstić information content (AvgIpc) is 2.72. The van der Waals surface area contributed by atoms with Gasteiger partial charge in [-0.15, -0.1) is 0 Å². The highest BCUT2D eigenvalue weighted by Crippen LogP contribution is 2.41. The molecule has 0 unspecified atom stereocenters. The molecule has 0 saturated heterocycles. The minimum Gasteiger partial charge on any atom is -0.465 e. The van der Waals surface area contributed by atoms with Crippen LogP contribution in [-0.2, 0) is 21.4 Å². The van der Waals surface area contributed by atoms with Gasteiger partial charge >= 0.3 is 5.97 Å². The molecule has 0 N–H and O–H groups in total. The number of aromatic nitrogens is 2. The second-order valence-corrected chi connectivity index (χ2v) is 8.85. The maximum atomic E-state index is 13.8. The van der Waals surface area contributed by atoms with Crippen LogP contribution in [0.1, 0.15) is 31.9 Å². The van der Waals surface area contributed by atoms with Gasteiger partial charge in [0.25, 0.3) is 5.56 Å². The fourth-order valence-corrected chi connectivity index (χ4v) is 4.81. The summed E-state index contributed by atoms with van der Waals surface area (Å²) in [5, 5.41) is 0.491. The Hall–Kier alpha value is -2.86. The molecule has 0 aliphatic heterocycles. The van der Waals surface area contributed by atoms with E-state index < -0.39 is 0 Å². The Bertz CT molecular complexity index is 1150. The van der Waals surface area contributed by atoms with Gasteiger partial charge in [0.2, 0.25) is 0 Å². The van der Waals surface area contributed by atoms with Crippen molar-refractivity contribution in [1.29, 1.82) is 0 Å². The molecule has 0 saturated carbocycles. The third-order valence-corrected chi connectivity index (χ3v) is 6.19. The predicted octanol–water partition coefficient (Wildman–Crippen LogP) is 4.39. The number of hydrogen-bond acceptors (Lipinski definition) is 5. The Morgan fingerprint density at radius 2 is 1.83 bits per heavy atom. The third kappa shape index (κ3) is 3.67. The number of rotatable bonds is 5. The topological polar surface area (TPSA) is 61.2 Å². The molecule has 1 aromatic heterocycles. The highest BCUT2D eigenvalue weighted by molar-refractivity contribution is 7.99. The first kappa shape index (κ1) is 20.4. The summed E-state index contributed by atoms with van der Waals surface area (Å²) in [5.41, 5.74) is 3.89. The first-order valence-electron chi connectivity index (χ1n) is 10.0. The number of benzene rings is 2. The van der Waals surface area contributed by atoms with Crippen LogP contribution in [0.15, 0.2) is 64.5 Å². The summed E-state index contributed by atoms with van der Waals surface area (Å²) in [6, 6.07) is 17.5. The van der Waals surface area contributed by atoms with Gasteiger partial charge in [0, 0.05) is 11.0 Å². The number of carbonyl (C=O) groups is 1. The highest BCUT2D eigenvalue weighted by atomic mass is 32.2. The number of para-hydroxylation sites is 1. The zero-order valence-corrected chi connectivity index (χ0v) is 18.2. The molecule has 0 amide bonds. The fourth-order valence-electron chi connectivity index (χ4n) is 4.00. The summed E-state index contributed by atoms with van der Waals surface area (Å²) in [5.74, 6) is -0.230. The molecule has 0 spiro atoms. The van der Waals surface area contributed by atoms with Crippen LogP contribution in [0.25, 0.3) is 16.9 Å². The SMILES string of the molecule is CCOC(=O)CSc1nc2c(c(=O)n1-c1ccccc1)C(C)(C)Cc1ccccc1-2. The smallest absolute Gasteiger partial charge is 0.316 e. The van der Waals surface area contributed by atoms with E-state index in [9.17, 15) is 9.59 Å². The van der Waals surface area contributed by atoms with E-state index in [1.165, 1.54) is 17.3 Å². The molecule has 6 heteroatoms. The van der Waals surface area contributed by atoms with Gasteiger partial charge in [0.05, 0.1) is 29.3 Å². The molecule has 30 heavy (non-hydrogen) atoms. The Kier molecular flexibility index (Phi) is 5.52. The lowest BCUT2D eigenvalue weighted by molar-refractivity contribution is -0.139. The maximum absolute atomic E-state index is 13.8. The summed E-state index contributed by atoms with van der Waals surface area (Å²) in [6.45, 7) is 6.28. The molecule has 0 fully saturated rings. The van der Waals surface area contributed by atoms with Crippen LogP contribution in [0.2, 0.25) is 0 Å². The van der Waals surface area contributed by atoms with Crippen molar-refractivity contribution in [3.05, 3.63) is 76.1 Å². The lowest BCUT2D eigenvalue weighted by Gasteiger charge is -2.33. The van der Waals surface area contributed by atoms with E-state index in [1.807, 2.05) is 48.5 Å². The third-order valence-electron chi connectivity index (χ3n) is 5.27. The van der Waals surface area contributed by atoms with Gasteiger partial charge in [0.15, 0.2) is 5.16 Å². The van der Waals surface area contributed by atoms with Crippen molar-refractivity contribution in [3.8, 4) is 16.9 Å². The normalized spacial score (nSPS) is 14.0. The molecule has 5 nitrogen and oxygen atoms in total. The Labute approximate surface area is 180 Å². The van der Waals surface area contributed by atoms with Crippen LogP contribution in [0.5, 0.6) is 0 Å². The van der Waals surface area contributed by atoms with E-state index in [2.05, 4.69) is 19.9 Å². The van der Waals surface area contributed by atoms with Crippen molar-refractivity contribution in [2.75, 3.05) is 12.4 Å². The van der Waals surface area contributed by atoms with E-state index in [0.717, 1.165) is 17.7 Å². The lowest BCUT2D eigenvalue weighted by Crippen LogP contribution is -2.38. The fraction of sp³-hybridized carbons (Fsp3) is 0.292. The Morgan fingerprint density at radius 1 is 1.13 bits per heavy atom. The molecule has 1 heterocycles. The van der Waals surface area contributed by atoms with E-state index in [1.54, 1.807) is 11.5 Å². The molecule has 0 atom stereocenters. The first-order chi connectivity index (χ1) is 14.4. The van der Waals surface area contributed by atoms with Gasteiger partial charge < -0.3 is 4.74 Å². The second-order valence-electron chi connectivity index (χ2n) is 7.91. The summed E-state index contributed by atoms with van der Waals surface area (Å²) in [4.78, 5) is 30.7. The molecule has 2 aromatic carbocycles. The number of ether oxygens (including phenoxy) is 1. The first-order valence-corrected chi connectivity index (χ1v) is 11.0. The minimum atomic E-state index is -0.353. The minimum absolute atomic E-state index is 0.0861. The zero-order valence-electron chi connectivity index (χ0n) is 17.3. The molecule has 1 aliphatic rings. The molecule has 1 aliphatic carbocycles. The number of carbonyl (C=O) groups excluding carboxylic acids is 1. The lowest BCUT2D eigenvalue weighted by atomic mass is 9.72. The van der Waals surface area contributed by atoms with Gasteiger partial charge in [-0.25, -0.2) is 4.98 Å². The molecular formula is C24H24N2O3S. The highest BCUT2D eigenvalue weighted by Gasteiger charge is 2.36. The van der Waals surface area contributed by atoms with Gasteiger partial charge in [-0.05, 0) is 31.0 Å². The Morgan fingerprint density at radius 3 is 2.57 bits per heavy atom. The summed E-state index contributed by atoms with van der Waals surface area (Å²) < 4.78 is 6.69. The standard InChI is InChI=1S/C24H24N2O3S/c1-4-29-19(27)15-30-23-25-21-18-13-9-8-10-16(18)14-24(2,3)20(21)22(28)26(23)17-11-6-5-7-12-17/h5-13H,4,14-15H2,1-3H3.